The highest BCUT2D eigenvalue weighted by atomic mass is 19.1. The molecule has 0 aliphatic carbocycles. The van der Waals surface area contributed by atoms with Crippen LogP contribution in [0, 0.1) is 5.82 Å². The first kappa shape index (κ1) is 19.7. The van der Waals surface area contributed by atoms with Gasteiger partial charge in [-0.15, -0.1) is 0 Å². The number of morpholine rings is 1. The lowest BCUT2D eigenvalue weighted by Crippen LogP contribution is -2.60. The van der Waals surface area contributed by atoms with Crippen molar-refractivity contribution in [3.63, 3.8) is 0 Å². The molecule has 0 saturated carbocycles. The minimum atomic E-state index is -0.496. The van der Waals surface area contributed by atoms with E-state index in [0.29, 0.717) is 19.6 Å². The van der Waals surface area contributed by atoms with Crippen molar-refractivity contribution >= 4 is 5.91 Å². The van der Waals surface area contributed by atoms with Gasteiger partial charge in [-0.05, 0) is 42.2 Å². The maximum atomic E-state index is 13.6. The van der Waals surface area contributed by atoms with Crippen LogP contribution in [0.5, 0.6) is 0 Å². The van der Waals surface area contributed by atoms with Crippen LogP contribution in [-0.2, 0) is 20.7 Å². The number of amides is 1. The van der Waals surface area contributed by atoms with Gasteiger partial charge in [0.05, 0.1) is 24.9 Å². The van der Waals surface area contributed by atoms with Gasteiger partial charge in [-0.3, -0.25) is 4.79 Å². The summed E-state index contributed by atoms with van der Waals surface area (Å²) in [4.78, 5) is 15.5. The van der Waals surface area contributed by atoms with Crippen molar-refractivity contribution < 1.29 is 18.7 Å². The summed E-state index contributed by atoms with van der Waals surface area (Å²) in [6, 6.07) is 14.6. The number of rotatable bonds is 2. The summed E-state index contributed by atoms with van der Waals surface area (Å²) in [6.45, 7) is 3.87. The molecule has 3 aliphatic rings. The van der Waals surface area contributed by atoms with Gasteiger partial charge in [0.1, 0.15) is 11.9 Å². The Balaban J connectivity index is 1.42. The molecule has 0 radical (unpaired) electrons. The monoisotopic (exact) mass is 410 g/mol. The van der Waals surface area contributed by atoms with E-state index < -0.39 is 6.10 Å². The highest BCUT2D eigenvalue weighted by molar-refractivity contribution is 5.82. The molecule has 5 atom stereocenters. The van der Waals surface area contributed by atoms with E-state index in [1.165, 1.54) is 17.7 Å². The van der Waals surface area contributed by atoms with Crippen LogP contribution in [0.1, 0.15) is 36.1 Å². The summed E-state index contributed by atoms with van der Waals surface area (Å²) in [5.41, 5.74) is 3.25. The Bertz CT molecular complexity index is 919. The highest BCUT2D eigenvalue weighted by Gasteiger charge is 2.42. The molecule has 158 valence electrons. The molecule has 1 N–H and O–H groups in total. The van der Waals surface area contributed by atoms with E-state index in [1.807, 2.05) is 24.0 Å². The van der Waals surface area contributed by atoms with Crippen molar-refractivity contribution in [2.24, 2.45) is 0 Å². The van der Waals surface area contributed by atoms with Gasteiger partial charge < -0.3 is 19.7 Å². The van der Waals surface area contributed by atoms with Crippen LogP contribution in [0.2, 0.25) is 0 Å². The fraction of sp³-hybridized carbons (Fsp3) is 0.458. The summed E-state index contributed by atoms with van der Waals surface area (Å²) in [5.74, 6) is -0.280. The van der Waals surface area contributed by atoms with Crippen LogP contribution < -0.4 is 5.32 Å². The van der Waals surface area contributed by atoms with E-state index >= 15 is 0 Å². The van der Waals surface area contributed by atoms with E-state index in [9.17, 15) is 9.18 Å². The summed E-state index contributed by atoms with van der Waals surface area (Å²) >= 11 is 0. The quantitative estimate of drug-likeness (QED) is 0.827. The molecule has 30 heavy (non-hydrogen) atoms. The van der Waals surface area contributed by atoms with E-state index in [1.54, 1.807) is 12.1 Å². The number of nitrogens with one attached hydrogen (secondary N) is 1. The van der Waals surface area contributed by atoms with Crippen LogP contribution in [0.25, 0.3) is 0 Å². The molecule has 0 spiro atoms. The fourth-order valence-corrected chi connectivity index (χ4v) is 4.96. The predicted molar refractivity (Wildman–Crippen MR) is 111 cm³/mol. The molecule has 0 aromatic heterocycles. The second-order valence-corrected chi connectivity index (χ2v) is 8.49. The Labute approximate surface area is 176 Å². The maximum absolute atomic E-state index is 13.6. The topological polar surface area (TPSA) is 50.8 Å². The molecule has 6 heteroatoms. The number of halogens is 1. The van der Waals surface area contributed by atoms with E-state index in [-0.39, 0.29) is 36.0 Å². The third kappa shape index (κ3) is 3.64. The first-order chi connectivity index (χ1) is 14.6. The van der Waals surface area contributed by atoms with Crippen LogP contribution in [0.15, 0.2) is 48.5 Å². The standard InChI is InChI=1S/C24H27FN2O3/c1-15-13-26-20-12-21(29-14-22(20)30-15)24(28)27-11-10-16-4-2-3-5-19(16)23(27)17-6-8-18(25)9-7-17/h2-9,15,20-23,26H,10-14H2,1H3/t15-,20-,21+,22-,23-/m0/s1. The average Bonchev–Trinajstić information content (AvgIpc) is 2.78. The van der Waals surface area contributed by atoms with Gasteiger partial charge in [-0.2, -0.15) is 0 Å². The smallest absolute Gasteiger partial charge is 0.252 e. The zero-order chi connectivity index (χ0) is 20.7. The van der Waals surface area contributed by atoms with E-state index in [2.05, 4.69) is 17.4 Å². The molecule has 5 rings (SSSR count). The summed E-state index contributed by atoms with van der Waals surface area (Å²) in [6.07, 6.45) is 1.06. The third-order valence-corrected chi connectivity index (χ3v) is 6.48. The van der Waals surface area contributed by atoms with Crippen molar-refractivity contribution in [3.8, 4) is 0 Å². The lowest BCUT2D eigenvalue weighted by molar-refractivity contribution is -0.169. The van der Waals surface area contributed by atoms with Crippen LogP contribution in [-0.4, -0.2) is 54.9 Å². The summed E-state index contributed by atoms with van der Waals surface area (Å²) < 4.78 is 25.5. The van der Waals surface area contributed by atoms with Crippen LogP contribution in [0.4, 0.5) is 4.39 Å². The number of hydrogen-bond acceptors (Lipinski definition) is 4. The van der Waals surface area contributed by atoms with Gasteiger partial charge in [0.15, 0.2) is 0 Å². The molecule has 1 amide bonds. The Morgan fingerprint density at radius 2 is 1.97 bits per heavy atom. The Kier molecular flexibility index (Phi) is 5.31. The Hall–Kier alpha value is -2.28. The number of benzene rings is 2. The maximum Gasteiger partial charge on any atom is 0.252 e. The molecular formula is C24H27FN2O3. The number of carbonyl (C=O) groups is 1. The fourth-order valence-electron chi connectivity index (χ4n) is 4.96. The van der Waals surface area contributed by atoms with Crippen molar-refractivity contribution in [3.05, 3.63) is 71.0 Å². The zero-order valence-electron chi connectivity index (χ0n) is 17.1. The van der Waals surface area contributed by atoms with Gasteiger partial charge in [-0.1, -0.05) is 36.4 Å². The minimum Gasteiger partial charge on any atom is -0.370 e. The van der Waals surface area contributed by atoms with Crippen molar-refractivity contribution in [2.75, 3.05) is 19.7 Å². The lowest BCUT2D eigenvalue weighted by atomic mass is 9.87. The van der Waals surface area contributed by atoms with Gasteiger partial charge >= 0.3 is 0 Å². The third-order valence-electron chi connectivity index (χ3n) is 6.48. The first-order valence-electron chi connectivity index (χ1n) is 10.7. The Morgan fingerprint density at radius 3 is 2.80 bits per heavy atom. The molecule has 3 heterocycles. The number of ether oxygens (including phenoxy) is 2. The number of hydrogen-bond donors (Lipinski definition) is 1. The molecular weight excluding hydrogens is 383 g/mol. The molecule has 2 aromatic rings. The molecule has 0 unspecified atom stereocenters. The number of fused-ring (bicyclic) bond motifs is 2. The van der Waals surface area contributed by atoms with E-state index in [0.717, 1.165) is 24.1 Å². The molecule has 2 saturated heterocycles. The predicted octanol–water partition coefficient (Wildman–Crippen LogP) is 2.83. The van der Waals surface area contributed by atoms with Gasteiger partial charge in [-0.25, -0.2) is 4.39 Å². The highest BCUT2D eigenvalue weighted by Crippen LogP contribution is 2.36. The molecule has 2 fully saturated rings. The average molecular weight is 410 g/mol. The Morgan fingerprint density at radius 1 is 1.17 bits per heavy atom. The van der Waals surface area contributed by atoms with E-state index in [4.69, 9.17) is 9.47 Å². The van der Waals surface area contributed by atoms with Crippen molar-refractivity contribution in [1.82, 2.24) is 10.2 Å². The second-order valence-electron chi connectivity index (χ2n) is 8.49. The summed E-state index contributed by atoms with van der Waals surface area (Å²) in [5, 5.41) is 3.51. The van der Waals surface area contributed by atoms with Gasteiger partial charge in [0.2, 0.25) is 0 Å². The number of carbonyl (C=O) groups excluding carboxylic acids is 1. The van der Waals surface area contributed by atoms with Crippen molar-refractivity contribution in [1.29, 1.82) is 0 Å². The first-order valence-corrected chi connectivity index (χ1v) is 10.7. The van der Waals surface area contributed by atoms with Crippen molar-refractivity contribution in [2.45, 2.75) is 50.2 Å². The molecule has 3 aliphatic heterocycles. The van der Waals surface area contributed by atoms with Gasteiger partial charge in [0, 0.05) is 25.6 Å². The van der Waals surface area contributed by atoms with Crippen LogP contribution in [0.3, 0.4) is 0 Å². The largest absolute Gasteiger partial charge is 0.370 e. The zero-order valence-corrected chi connectivity index (χ0v) is 17.1. The lowest BCUT2D eigenvalue weighted by Gasteiger charge is -2.44. The molecule has 5 nitrogen and oxygen atoms in total. The second kappa shape index (κ2) is 8.10. The SMILES string of the molecule is C[C@H]1CN[C@H]2C[C@H](C(=O)N3CCc4ccccc4[C@@H]3c3ccc(F)cc3)OC[C@@H]2O1. The number of nitrogens with zero attached hydrogens (tertiary/aromatic N) is 1. The summed E-state index contributed by atoms with van der Waals surface area (Å²) in [7, 11) is 0. The normalized spacial score (nSPS) is 31.0. The molecule has 2 aromatic carbocycles. The van der Waals surface area contributed by atoms with Crippen LogP contribution >= 0.6 is 0 Å². The minimum absolute atomic E-state index is 0.00213. The van der Waals surface area contributed by atoms with Gasteiger partial charge in [0.25, 0.3) is 5.91 Å². The molecule has 0 bridgehead atoms.